The molecule has 0 saturated heterocycles. The molecule has 0 saturated carbocycles. The third-order valence-electron chi connectivity index (χ3n) is 3.60. The Labute approximate surface area is 152 Å². The van der Waals surface area contributed by atoms with Crippen LogP contribution < -0.4 is 5.32 Å². The van der Waals surface area contributed by atoms with Crippen molar-refractivity contribution in [3.63, 3.8) is 0 Å². The first-order valence-electron chi connectivity index (χ1n) is 8.32. The van der Waals surface area contributed by atoms with Gasteiger partial charge < -0.3 is 14.8 Å². The lowest BCUT2D eigenvalue weighted by Crippen LogP contribution is -2.32. The van der Waals surface area contributed by atoms with Crippen molar-refractivity contribution >= 4 is 17.8 Å². The van der Waals surface area contributed by atoms with Crippen LogP contribution in [0.2, 0.25) is 0 Å². The fourth-order valence-electron chi connectivity index (χ4n) is 2.32. The average Bonchev–Trinajstić information content (AvgIpc) is 2.67. The molecule has 2 rings (SSSR count). The summed E-state index contributed by atoms with van der Waals surface area (Å²) in [5.41, 5.74) is 1.54. The van der Waals surface area contributed by atoms with Gasteiger partial charge in [0.2, 0.25) is 5.78 Å². The van der Waals surface area contributed by atoms with E-state index in [9.17, 15) is 14.4 Å². The second kappa shape index (κ2) is 9.98. The minimum Gasteiger partial charge on any atom is -0.460 e. The van der Waals surface area contributed by atoms with E-state index in [-0.39, 0.29) is 19.6 Å². The summed E-state index contributed by atoms with van der Waals surface area (Å²) in [5, 5.41) is 2.64. The lowest BCUT2D eigenvalue weighted by molar-refractivity contribution is -0.153. The van der Waals surface area contributed by atoms with E-state index in [4.69, 9.17) is 9.47 Å². The largest absolute Gasteiger partial charge is 0.460 e. The van der Waals surface area contributed by atoms with Crippen LogP contribution in [0.15, 0.2) is 60.7 Å². The molecule has 6 heteroatoms. The highest BCUT2D eigenvalue weighted by Crippen LogP contribution is 2.18. The zero-order valence-electron chi connectivity index (χ0n) is 14.5. The van der Waals surface area contributed by atoms with Gasteiger partial charge in [0.1, 0.15) is 6.61 Å². The highest BCUT2D eigenvalue weighted by Gasteiger charge is 2.24. The van der Waals surface area contributed by atoms with Crippen LogP contribution in [0.25, 0.3) is 0 Å². The highest BCUT2D eigenvalue weighted by atomic mass is 16.5. The van der Waals surface area contributed by atoms with Gasteiger partial charge in [0.25, 0.3) is 0 Å². The van der Waals surface area contributed by atoms with Crippen molar-refractivity contribution in [1.82, 2.24) is 5.32 Å². The van der Waals surface area contributed by atoms with E-state index in [0.717, 1.165) is 5.56 Å². The van der Waals surface area contributed by atoms with Gasteiger partial charge >= 0.3 is 12.1 Å². The summed E-state index contributed by atoms with van der Waals surface area (Å²) in [6, 6.07) is 17.5. The molecule has 6 nitrogen and oxygen atoms in total. The second-order valence-corrected chi connectivity index (χ2v) is 5.52. The Morgan fingerprint density at radius 3 is 2.15 bits per heavy atom. The Hall–Kier alpha value is -3.15. The molecule has 2 aromatic carbocycles. The first kappa shape index (κ1) is 19.2. The fraction of sp³-hybridized carbons (Fsp3) is 0.250. The van der Waals surface area contributed by atoms with Crippen LogP contribution in [-0.4, -0.2) is 24.5 Å². The summed E-state index contributed by atoms with van der Waals surface area (Å²) in [5.74, 6) is -1.61. The molecule has 0 bridgehead atoms. The van der Waals surface area contributed by atoms with Crippen molar-refractivity contribution in [2.24, 2.45) is 0 Å². The van der Waals surface area contributed by atoms with E-state index in [1.807, 2.05) is 36.4 Å². The topological polar surface area (TPSA) is 81.7 Å². The van der Waals surface area contributed by atoms with Crippen molar-refractivity contribution in [3.8, 4) is 0 Å². The van der Waals surface area contributed by atoms with Gasteiger partial charge in [-0.2, -0.15) is 0 Å². The van der Waals surface area contributed by atoms with Crippen molar-refractivity contribution in [2.45, 2.75) is 26.0 Å². The Balaban J connectivity index is 2.00. The predicted octanol–water partition coefficient (Wildman–Crippen LogP) is 3.18. The number of carbonyl (C=O) groups excluding carboxylic acids is 3. The van der Waals surface area contributed by atoms with Gasteiger partial charge in [0.15, 0.2) is 0 Å². The maximum atomic E-state index is 12.1. The van der Waals surface area contributed by atoms with Crippen molar-refractivity contribution in [1.29, 1.82) is 0 Å². The second-order valence-electron chi connectivity index (χ2n) is 5.52. The van der Waals surface area contributed by atoms with Crippen LogP contribution in [0.4, 0.5) is 4.79 Å². The number of nitrogens with one attached hydrogen (secondary N) is 1. The molecule has 0 fully saturated rings. The van der Waals surface area contributed by atoms with Crippen LogP contribution in [0.1, 0.15) is 30.5 Å². The number of hydrogen-bond acceptors (Lipinski definition) is 5. The van der Waals surface area contributed by atoms with Crippen LogP contribution in [0.3, 0.4) is 0 Å². The van der Waals surface area contributed by atoms with E-state index in [1.54, 1.807) is 31.2 Å². The third kappa shape index (κ3) is 6.05. The predicted molar refractivity (Wildman–Crippen MR) is 95.2 cm³/mol. The number of rotatable bonds is 8. The normalized spacial score (nSPS) is 11.3. The molecule has 0 spiro atoms. The van der Waals surface area contributed by atoms with Crippen molar-refractivity contribution < 1.29 is 23.9 Å². The fourth-order valence-corrected chi connectivity index (χ4v) is 2.32. The standard InChI is InChI=1S/C20H21NO5/c1-2-25-19(23)18(22)13-17(16-11-7-4-8-12-16)21-20(24)26-14-15-9-5-3-6-10-15/h3-12,17H,2,13-14H2,1H3,(H,21,24). The first-order chi connectivity index (χ1) is 12.6. The van der Waals surface area contributed by atoms with Crippen LogP contribution in [0, 0.1) is 0 Å². The molecule has 0 aliphatic rings. The molecule has 136 valence electrons. The summed E-state index contributed by atoms with van der Waals surface area (Å²) >= 11 is 0. The molecule has 0 radical (unpaired) electrons. The number of esters is 1. The summed E-state index contributed by atoms with van der Waals surface area (Å²) in [4.78, 5) is 35.7. The zero-order chi connectivity index (χ0) is 18.8. The van der Waals surface area contributed by atoms with E-state index in [1.165, 1.54) is 0 Å². The Kier molecular flexibility index (Phi) is 7.36. The quantitative estimate of drug-likeness (QED) is 0.581. The number of amides is 1. The molecule has 1 atom stereocenters. The first-order valence-corrected chi connectivity index (χ1v) is 8.32. The van der Waals surface area contributed by atoms with Gasteiger partial charge in [0, 0.05) is 6.42 Å². The number of ketones is 1. The van der Waals surface area contributed by atoms with Crippen LogP contribution in [-0.2, 0) is 25.7 Å². The minimum absolute atomic E-state index is 0.111. The average molecular weight is 355 g/mol. The highest BCUT2D eigenvalue weighted by molar-refractivity contribution is 6.33. The Morgan fingerprint density at radius 2 is 1.54 bits per heavy atom. The van der Waals surface area contributed by atoms with Gasteiger partial charge in [-0.1, -0.05) is 60.7 Å². The molecule has 0 aliphatic heterocycles. The number of hydrogen-bond donors (Lipinski definition) is 1. The molecule has 0 aliphatic carbocycles. The zero-order valence-corrected chi connectivity index (χ0v) is 14.5. The SMILES string of the molecule is CCOC(=O)C(=O)CC(NC(=O)OCc1ccccc1)c1ccccc1. The molecular formula is C20H21NO5. The molecule has 1 amide bonds. The molecule has 1 N–H and O–H groups in total. The molecule has 0 heterocycles. The molecular weight excluding hydrogens is 334 g/mol. The third-order valence-corrected chi connectivity index (χ3v) is 3.60. The smallest absolute Gasteiger partial charge is 0.407 e. The van der Waals surface area contributed by atoms with Gasteiger partial charge in [-0.05, 0) is 18.1 Å². The number of benzene rings is 2. The molecule has 0 aromatic heterocycles. The van der Waals surface area contributed by atoms with Gasteiger partial charge in [-0.3, -0.25) is 4.79 Å². The van der Waals surface area contributed by atoms with E-state index in [2.05, 4.69) is 5.32 Å². The lowest BCUT2D eigenvalue weighted by Gasteiger charge is -2.18. The lowest BCUT2D eigenvalue weighted by atomic mass is 10.0. The van der Waals surface area contributed by atoms with E-state index >= 15 is 0 Å². The number of alkyl carbamates (subject to hydrolysis) is 1. The summed E-state index contributed by atoms with van der Waals surface area (Å²) in [6.45, 7) is 1.85. The van der Waals surface area contributed by atoms with Gasteiger partial charge in [-0.25, -0.2) is 9.59 Å². The maximum Gasteiger partial charge on any atom is 0.407 e. The van der Waals surface area contributed by atoms with Gasteiger partial charge in [-0.15, -0.1) is 0 Å². The van der Waals surface area contributed by atoms with E-state index in [0.29, 0.717) is 5.56 Å². The maximum absolute atomic E-state index is 12.1. The van der Waals surface area contributed by atoms with E-state index < -0.39 is 23.9 Å². The summed E-state index contributed by atoms with van der Waals surface area (Å²) in [6.07, 6.45) is -0.872. The van der Waals surface area contributed by atoms with Crippen LogP contribution in [0.5, 0.6) is 0 Å². The Morgan fingerprint density at radius 1 is 0.923 bits per heavy atom. The molecule has 1 unspecified atom stereocenters. The van der Waals surface area contributed by atoms with Crippen molar-refractivity contribution in [3.05, 3.63) is 71.8 Å². The Bertz CT molecular complexity index is 730. The summed E-state index contributed by atoms with van der Waals surface area (Å²) in [7, 11) is 0. The van der Waals surface area contributed by atoms with Crippen molar-refractivity contribution in [2.75, 3.05) is 6.61 Å². The number of ether oxygens (including phenoxy) is 2. The number of Topliss-reactive ketones (excluding diaryl/α,β-unsaturated/α-hetero) is 1. The monoisotopic (exact) mass is 355 g/mol. The van der Waals surface area contributed by atoms with Crippen LogP contribution >= 0.6 is 0 Å². The molecule has 2 aromatic rings. The summed E-state index contributed by atoms with van der Waals surface area (Å²) < 4.78 is 9.91. The molecule has 26 heavy (non-hydrogen) atoms. The minimum atomic E-state index is -0.909. The number of carbonyl (C=O) groups is 3. The van der Waals surface area contributed by atoms with Gasteiger partial charge in [0.05, 0.1) is 12.6 Å².